The Labute approximate surface area is 213 Å². The minimum atomic E-state index is -4.07. The lowest BCUT2D eigenvalue weighted by Crippen LogP contribution is -2.67. The van der Waals surface area contributed by atoms with Crippen molar-refractivity contribution in [3.8, 4) is 0 Å². The largest absolute Gasteiger partial charge is 0.341 e. The number of amides is 1. The Kier molecular flexibility index (Phi) is 3.57. The van der Waals surface area contributed by atoms with Gasteiger partial charge in [0.2, 0.25) is 5.91 Å². The highest BCUT2D eigenvalue weighted by Gasteiger charge is 2.92. The minimum Gasteiger partial charge on any atom is -0.341 e. The summed E-state index contributed by atoms with van der Waals surface area (Å²) in [6.07, 6.45) is 0. The number of fused-ring (bicyclic) bond motifs is 1. The van der Waals surface area contributed by atoms with E-state index in [0.29, 0.717) is 47.1 Å². The Morgan fingerprint density at radius 1 is 0.919 bits per heavy atom. The van der Waals surface area contributed by atoms with Gasteiger partial charge in [-0.25, -0.2) is 4.39 Å². The molecule has 2 bridgehead atoms. The van der Waals surface area contributed by atoms with Crippen LogP contribution in [0.15, 0.2) is 51.8 Å². The summed E-state index contributed by atoms with van der Waals surface area (Å²) in [5.41, 5.74) is 1.91. The van der Waals surface area contributed by atoms with Crippen LogP contribution in [-0.4, -0.2) is 36.9 Å². The fourth-order valence-electron chi connectivity index (χ4n) is 9.78. The summed E-state index contributed by atoms with van der Waals surface area (Å²) >= 11 is 0. The summed E-state index contributed by atoms with van der Waals surface area (Å²) < 4.78 is 43.9. The minimum absolute atomic E-state index is 0.0509. The number of benzene rings is 2. The van der Waals surface area contributed by atoms with Crippen molar-refractivity contribution in [2.45, 2.75) is 24.4 Å². The number of anilines is 1. The van der Waals surface area contributed by atoms with Crippen LogP contribution in [0.5, 0.6) is 0 Å². The predicted molar refractivity (Wildman–Crippen MR) is 130 cm³/mol. The van der Waals surface area contributed by atoms with Crippen LogP contribution in [0.3, 0.4) is 0 Å². The van der Waals surface area contributed by atoms with E-state index in [1.165, 1.54) is 12.1 Å². The SMILES string of the molecule is Cc1ccc2c(c1)S(=O)(=O)N=C(C1C(=O)C3C4C5C6C7C4C7C(C56)C3N(Cc3ccc(F)cc3)C1=O)N2. The number of amidine groups is 1. The molecule has 6 saturated carbocycles. The molecule has 0 radical (unpaired) electrons. The van der Waals surface area contributed by atoms with Gasteiger partial charge in [-0.2, -0.15) is 8.42 Å². The molecular weight excluding hydrogens is 493 g/mol. The number of nitrogens with zero attached hydrogens (tertiary/aromatic N) is 2. The number of Topliss-reactive ketones (excluding diaryl/α,β-unsaturated/α-hetero) is 1. The number of hydrogen-bond acceptors (Lipinski definition) is 5. The van der Waals surface area contributed by atoms with Gasteiger partial charge in [0.15, 0.2) is 11.7 Å². The standard InChI is InChI=1S/C28H24FN3O4S/c1-10-2-7-13-14(8-10)37(35,36)31-27(30-13)24-26(33)23-21-17-15-16-18(21)20(16)22(19(15)17)25(23)32(28(24)34)9-11-3-5-12(29)6-4-11/h2-8,15-25H,9H2,1H3,(H,30,31). The highest BCUT2D eigenvalue weighted by molar-refractivity contribution is 7.90. The Bertz CT molecular complexity index is 1580. The molecule has 2 aromatic rings. The van der Waals surface area contributed by atoms with E-state index < -0.39 is 21.8 Å². The van der Waals surface area contributed by atoms with E-state index in [1.54, 1.807) is 37.3 Å². The number of sulfonamides is 1. The molecule has 0 spiro atoms. The summed E-state index contributed by atoms with van der Waals surface area (Å²) in [6.45, 7) is 2.07. The zero-order chi connectivity index (χ0) is 25.1. The fraction of sp³-hybridized carbons (Fsp3) is 0.464. The van der Waals surface area contributed by atoms with Crippen molar-refractivity contribution >= 4 is 33.2 Å². The molecule has 7 nitrogen and oxygen atoms in total. The molecule has 9 unspecified atom stereocenters. The average Bonchev–Trinajstić information content (AvgIpc) is 3.72. The van der Waals surface area contributed by atoms with Gasteiger partial charge in [0.25, 0.3) is 10.0 Å². The number of carbonyl (C=O) groups is 2. The van der Waals surface area contributed by atoms with Crippen molar-refractivity contribution in [1.82, 2.24) is 4.90 Å². The molecule has 9 heteroatoms. The van der Waals surface area contributed by atoms with E-state index >= 15 is 0 Å². The third-order valence-electron chi connectivity index (χ3n) is 10.7. The van der Waals surface area contributed by atoms with Gasteiger partial charge in [0.1, 0.15) is 16.5 Å². The molecular formula is C28H24FN3O4S. The Morgan fingerprint density at radius 2 is 1.57 bits per heavy atom. The van der Waals surface area contributed by atoms with E-state index in [4.69, 9.17) is 0 Å². The van der Waals surface area contributed by atoms with Crippen LogP contribution in [0.2, 0.25) is 0 Å². The summed E-state index contributed by atoms with van der Waals surface area (Å²) in [7, 11) is -4.07. The molecule has 0 aromatic heterocycles. The van der Waals surface area contributed by atoms with Gasteiger partial charge in [-0.3, -0.25) is 9.59 Å². The van der Waals surface area contributed by atoms with Crippen molar-refractivity contribution in [3.05, 3.63) is 59.4 Å². The molecule has 2 heterocycles. The van der Waals surface area contributed by atoms with Crippen molar-refractivity contribution in [2.24, 2.45) is 63.6 Å². The molecule has 10 rings (SSSR count). The van der Waals surface area contributed by atoms with Gasteiger partial charge in [0, 0.05) is 18.5 Å². The first-order valence-electron chi connectivity index (χ1n) is 13.1. The van der Waals surface area contributed by atoms with Gasteiger partial charge in [-0.1, -0.05) is 18.2 Å². The maximum Gasteiger partial charge on any atom is 0.286 e. The van der Waals surface area contributed by atoms with E-state index in [9.17, 15) is 22.4 Å². The van der Waals surface area contributed by atoms with Gasteiger partial charge < -0.3 is 10.2 Å². The zero-order valence-electron chi connectivity index (χ0n) is 19.9. The van der Waals surface area contributed by atoms with Crippen LogP contribution in [0.25, 0.3) is 0 Å². The lowest BCUT2D eigenvalue weighted by molar-refractivity contribution is -0.163. The maximum absolute atomic E-state index is 14.2. The number of halogens is 1. The zero-order valence-corrected chi connectivity index (χ0v) is 20.7. The van der Waals surface area contributed by atoms with E-state index in [1.807, 2.05) is 4.90 Å². The second-order valence-corrected chi connectivity index (χ2v) is 13.7. The van der Waals surface area contributed by atoms with Gasteiger partial charge in [-0.15, -0.1) is 4.40 Å². The Balaban J connectivity index is 1.16. The number of hydrogen-bond donors (Lipinski definition) is 1. The van der Waals surface area contributed by atoms with Crippen LogP contribution in [0, 0.1) is 71.9 Å². The topological polar surface area (TPSA) is 95.9 Å². The van der Waals surface area contributed by atoms with E-state index in [0.717, 1.165) is 11.1 Å². The number of aryl methyl sites for hydroxylation is 1. The lowest BCUT2D eigenvalue weighted by Gasteiger charge is -2.55. The number of piperidine rings is 1. The molecule has 8 aliphatic rings. The predicted octanol–water partition coefficient (Wildman–Crippen LogP) is 2.86. The van der Waals surface area contributed by atoms with Crippen molar-refractivity contribution in [2.75, 3.05) is 5.32 Å². The third-order valence-corrected chi connectivity index (χ3v) is 12.1. The number of ketones is 1. The molecule has 1 saturated heterocycles. The maximum atomic E-state index is 14.2. The van der Waals surface area contributed by atoms with Crippen molar-refractivity contribution in [1.29, 1.82) is 0 Å². The van der Waals surface area contributed by atoms with Crippen molar-refractivity contribution in [3.63, 3.8) is 0 Å². The second kappa shape index (κ2) is 6.31. The first-order chi connectivity index (χ1) is 17.8. The lowest BCUT2D eigenvalue weighted by atomic mass is 9.57. The second-order valence-electron chi connectivity index (χ2n) is 12.1. The molecule has 7 fully saturated rings. The quantitative estimate of drug-likeness (QED) is 0.632. The number of rotatable bonds is 3. The summed E-state index contributed by atoms with van der Waals surface area (Å²) in [5, 5.41) is 3.04. The van der Waals surface area contributed by atoms with Crippen LogP contribution >= 0.6 is 0 Å². The average molecular weight is 518 g/mol. The molecule has 1 N–H and O–H groups in total. The number of carbonyl (C=O) groups excluding carboxylic acids is 2. The molecule has 188 valence electrons. The van der Waals surface area contributed by atoms with Crippen LogP contribution in [0.4, 0.5) is 10.1 Å². The van der Waals surface area contributed by atoms with Gasteiger partial charge >= 0.3 is 0 Å². The highest BCUT2D eigenvalue weighted by atomic mass is 32.2. The molecule has 37 heavy (non-hydrogen) atoms. The molecule has 1 amide bonds. The first kappa shape index (κ1) is 20.9. The highest BCUT2D eigenvalue weighted by Crippen LogP contribution is 2.93. The van der Waals surface area contributed by atoms with E-state index in [2.05, 4.69) is 9.71 Å². The molecule has 2 aliphatic heterocycles. The first-order valence-corrected chi connectivity index (χ1v) is 14.5. The normalized spacial score (nSPS) is 44.1. The van der Waals surface area contributed by atoms with Crippen LogP contribution in [0.1, 0.15) is 11.1 Å². The fourth-order valence-corrected chi connectivity index (χ4v) is 11.0. The summed E-state index contributed by atoms with van der Waals surface area (Å²) in [4.78, 5) is 30.3. The molecule has 2 aromatic carbocycles. The van der Waals surface area contributed by atoms with E-state index in [-0.39, 0.29) is 46.8 Å². The number of nitrogens with one attached hydrogen (secondary N) is 1. The monoisotopic (exact) mass is 517 g/mol. The van der Waals surface area contributed by atoms with Crippen LogP contribution in [-0.2, 0) is 26.2 Å². The summed E-state index contributed by atoms with van der Waals surface area (Å²) in [5.74, 6) is 1.90. The Morgan fingerprint density at radius 3 is 2.27 bits per heavy atom. The van der Waals surface area contributed by atoms with Crippen LogP contribution < -0.4 is 5.32 Å². The molecule has 9 atom stereocenters. The van der Waals surface area contributed by atoms with Gasteiger partial charge in [0.05, 0.1) is 5.69 Å². The summed E-state index contributed by atoms with van der Waals surface area (Å²) in [6, 6.07) is 10.9. The smallest absolute Gasteiger partial charge is 0.286 e. The molecule has 6 aliphatic carbocycles. The van der Waals surface area contributed by atoms with Crippen molar-refractivity contribution < 1.29 is 22.4 Å². The van der Waals surface area contributed by atoms with Gasteiger partial charge in [-0.05, 0) is 89.7 Å². The third kappa shape index (κ3) is 2.38. The Hall–Kier alpha value is -3.07. The number of likely N-dealkylation sites (tertiary alicyclic amines) is 1.